The molecule has 1 aromatic rings. The predicted octanol–water partition coefficient (Wildman–Crippen LogP) is 2.09. The molecule has 7 heteroatoms. The smallest absolute Gasteiger partial charge is 0.317 e. The number of aromatic nitrogens is 2. The molecule has 0 radical (unpaired) electrons. The Bertz CT molecular complexity index is 472. The molecule has 6 nitrogen and oxygen atoms in total. The zero-order valence-electron chi connectivity index (χ0n) is 11.9. The van der Waals surface area contributed by atoms with Crippen LogP contribution in [0.3, 0.4) is 0 Å². The first-order chi connectivity index (χ1) is 9.33. The maximum absolute atomic E-state index is 12.0. The van der Waals surface area contributed by atoms with Crippen LogP contribution >= 0.6 is 11.6 Å². The van der Waals surface area contributed by atoms with E-state index in [1.54, 1.807) is 4.90 Å². The minimum atomic E-state index is -0.241. The van der Waals surface area contributed by atoms with Crippen molar-refractivity contribution in [2.75, 3.05) is 13.1 Å². The molecule has 20 heavy (non-hydrogen) atoms. The number of halogens is 1. The second-order valence-electron chi connectivity index (χ2n) is 5.84. The average molecular weight is 299 g/mol. The Labute approximate surface area is 123 Å². The Morgan fingerprint density at radius 2 is 2.10 bits per heavy atom. The van der Waals surface area contributed by atoms with E-state index in [1.165, 1.54) is 12.4 Å². The van der Waals surface area contributed by atoms with Crippen molar-refractivity contribution in [1.82, 2.24) is 20.2 Å². The number of urea groups is 1. The summed E-state index contributed by atoms with van der Waals surface area (Å²) in [5, 5.41) is 3.40. The van der Waals surface area contributed by atoms with Crippen molar-refractivity contribution in [3.05, 3.63) is 17.4 Å². The summed E-state index contributed by atoms with van der Waals surface area (Å²) < 4.78 is 5.64. The number of ether oxygens (including phenoxy) is 1. The summed E-state index contributed by atoms with van der Waals surface area (Å²) in [4.78, 5) is 21.7. The number of rotatable bonds is 2. The molecular formula is C13H19ClN4O2. The first kappa shape index (κ1) is 14.8. The van der Waals surface area contributed by atoms with Crippen molar-refractivity contribution < 1.29 is 9.53 Å². The lowest BCUT2D eigenvalue weighted by molar-refractivity contribution is 0.174. The summed E-state index contributed by atoms with van der Waals surface area (Å²) in [7, 11) is 0. The van der Waals surface area contributed by atoms with Crippen LogP contribution in [-0.4, -0.2) is 45.6 Å². The Balaban J connectivity index is 1.86. The molecule has 0 aromatic carbocycles. The van der Waals surface area contributed by atoms with E-state index in [4.69, 9.17) is 16.3 Å². The monoisotopic (exact) mass is 298 g/mol. The molecule has 2 rings (SSSR count). The van der Waals surface area contributed by atoms with Gasteiger partial charge < -0.3 is 15.0 Å². The quantitative estimate of drug-likeness (QED) is 0.908. The maximum atomic E-state index is 12.0. The highest BCUT2D eigenvalue weighted by Gasteiger charge is 2.29. The van der Waals surface area contributed by atoms with E-state index >= 15 is 0 Å². The molecule has 1 atom stereocenters. The molecular weight excluding hydrogens is 280 g/mol. The minimum absolute atomic E-state index is 0.0689. The normalized spacial score (nSPS) is 19.0. The topological polar surface area (TPSA) is 67.4 Å². The summed E-state index contributed by atoms with van der Waals surface area (Å²) in [5.41, 5.74) is -0.241. The van der Waals surface area contributed by atoms with Gasteiger partial charge in [0.1, 0.15) is 6.10 Å². The van der Waals surface area contributed by atoms with E-state index in [-0.39, 0.29) is 23.7 Å². The van der Waals surface area contributed by atoms with Crippen molar-refractivity contribution in [2.45, 2.75) is 38.8 Å². The third kappa shape index (κ3) is 4.23. The van der Waals surface area contributed by atoms with Crippen molar-refractivity contribution in [2.24, 2.45) is 0 Å². The molecule has 0 bridgehead atoms. The van der Waals surface area contributed by atoms with Crippen LogP contribution in [0.2, 0.25) is 5.02 Å². The molecule has 0 saturated carbocycles. The Kier molecular flexibility index (Phi) is 4.32. The van der Waals surface area contributed by atoms with Crippen molar-refractivity contribution in [3.63, 3.8) is 0 Å². The molecule has 1 aliphatic heterocycles. The average Bonchev–Trinajstić information content (AvgIpc) is 2.79. The second kappa shape index (κ2) is 5.83. The number of nitrogens with one attached hydrogen (secondary N) is 1. The zero-order valence-corrected chi connectivity index (χ0v) is 12.6. The van der Waals surface area contributed by atoms with Crippen molar-refractivity contribution in [3.8, 4) is 6.01 Å². The first-order valence-corrected chi connectivity index (χ1v) is 6.92. The Morgan fingerprint density at radius 1 is 1.45 bits per heavy atom. The number of hydrogen-bond donors (Lipinski definition) is 1. The van der Waals surface area contributed by atoms with Gasteiger partial charge in [-0.3, -0.25) is 0 Å². The summed E-state index contributed by atoms with van der Waals surface area (Å²) in [6, 6.07) is 0.220. The van der Waals surface area contributed by atoms with Gasteiger partial charge in [-0.25, -0.2) is 14.8 Å². The number of amides is 2. The van der Waals surface area contributed by atoms with Gasteiger partial charge in [0.25, 0.3) is 0 Å². The van der Waals surface area contributed by atoms with E-state index < -0.39 is 0 Å². The maximum Gasteiger partial charge on any atom is 0.317 e. The van der Waals surface area contributed by atoms with Crippen LogP contribution in [0.1, 0.15) is 27.2 Å². The molecule has 1 saturated heterocycles. The predicted molar refractivity (Wildman–Crippen MR) is 75.9 cm³/mol. The Hall–Kier alpha value is -1.56. The largest absolute Gasteiger partial charge is 0.458 e. The van der Waals surface area contributed by atoms with Crippen LogP contribution in [0.5, 0.6) is 6.01 Å². The fraction of sp³-hybridized carbons (Fsp3) is 0.615. The lowest BCUT2D eigenvalue weighted by Gasteiger charge is -2.25. The standard InChI is InChI=1S/C13H19ClN4O2/c1-13(2,3)17-12(19)18-5-4-10(8-18)20-11-15-6-9(14)7-16-11/h6-7,10H,4-5,8H2,1-3H3,(H,17,19)/t10-/m0/s1. The van der Waals surface area contributed by atoms with Gasteiger partial charge in [-0.2, -0.15) is 0 Å². The number of likely N-dealkylation sites (tertiary alicyclic amines) is 1. The highest BCUT2D eigenvalue weighted by molar-refractivity contribution is 6.30. The van der Waals surface area contributed by atoms with Crippen LogP contribution in [-0.2, 0) is 0 Å². The van der Waals surface area contributed by atoms with Gasteiger partial charge in [-0.05, 0) is 20.8 Å². The SMILES string of the molecule is CC(C)(C)NC(=O)N1CC[C@H](Oc2ncc(Cl)cn2)C1. The highest BCUT2D eigenvalue weighted by Crippen LogP contribution is 2.16. The molecule has 1 fully saturated rings. The molecule has 1 aliphatic rings. The summed E-state index contributed by atoms with van der Waals surface area (Å²) in [5.74, 6) is 0. The van der Waals surface area contributed by atoms with Gasteiger partial charge in [-0.15, -0.1) is 0 Å². The fourth-order valence-electron chi connectivity index (χ4n) is 1.92. The third-order valence-corrected chi connectivity index (χ3v) is 2.98. The van der Waals surface area contributed by atoms with E-state index in [9.17, 15) is 4.79 Å². The van der Waals surface area contributed by atoms with Crippen LogP contribution in [0, 0.1) is 0 Å². The first-order valence-electron chi connectivity index (χ1n) is 6.55. The van der Waals surface area contributed by atoms with Gasteiger partial charge in [-0.1, -0.05) is 11.6 Å². The van der Waals surface area contributed by atoms with Crippen LogP contribution in [0.4, 0.5) is 4.79 Å². The molecule has 2 heterocycles. The van der Waals surface area contributed by atoms with E-state index in [0.29, 0.717) is 18.1 Å². The van der Waals surface area contributed by atoms with Gasteiger partial charge in [0.15, 0.2) is 0 Å². The molecule has 110 valence electrons. The summed E-state index contributed by atoms with van der Waals surface area (Å²) in [6.45, 7) is 7.07. The number of carbonyl (C=O) groups excluding carboxylic acids is 1. The molecule has 1 N–H and O–H groups in total. The van der Waals surface area contributed by atoms with E-state index in [1.807, 2.05) is 20.8 Å². The van der Waals surface area contributed by atoms with E-state index in [0.717, 1.165) is 6.42 Å². The zero-order chi connectivity index (χ0) is 14.8. The molecule has 0 aliphatic carbocycles. The van der Waals surface area contributed by atoms with Crippen molar-refractivity contribution >= 4 is 17.6 Å². The third-order valence-electron chi connectivity index (χ3n) is 2.78. The van der Waals surface area contributed by atoms with E-state index in [2.05, 4.69) is 15.3 Å². The number of carbonyl (C=O) groups is 1. The van der Waals surface area contributed by atoms with Gasteiger partial charge in [0, 0.05) is 18.5 Å². The molecule has 0 unspecified atom stereocenters. The summed E-state index contributed by atoms with van der Waals surface area (Å²) >= 11 is 5.71. The second-order valence-corrected chi connectivity index (χ2v) is 6.27. The van der Waals surface area contributed by atoms with Crippen LogP contribution < -0.4 is 10.1 Å². The lowest BCUT2D eigenvalue weighted by Crippen LogP contribution is -2.48. The minimum Gasteiger partial charge on any atom is -0.458 e. The number of nitrogens with zero attached hydrogens (tertiary/aromatic N) is 3. The van der Waals surface area contributed by atoms with Crippen molar-refractivity contribution in [1.29, 1.82) is 0 Å². The molecule has 1 aromatic heterocycles. The van der Waals surface area contributed by atoms with Crippen LogP contribution in [0.15, 0.2) is 12.4 Å². The van der Waals surface area contributed by atoms with Gasteiger partial charge in [0.2, 0.25) is 0 Å². The fourth-order valence-corrected chi connectivity index (χ4v) is 2.02. The number of hydrogen-bond acceptors (Lipinski definition) is 4. The Morgan fingerprint density at radius 3 is 2.70 bits per heavy atom. The van der Waals surface area contributed by atoms with Gasteiger partial charge in [0.05, 0.1) is 24.0 Å². The van der Waals surface area contributed by atoms with Gasteiger partial charge >= 0.3 is 12.0 Å². The highest BCUT2D eigenvalue weighted by atomic mass is 35.5. The molecule has 2 amide bonds. The lowest BCUT2D eigenvalue weighted by atomic mass is 10.1. The van der Waals surface area contributed by atoms with Crippen LogP contribution in [0.25, 0.3) is 0 Å². The molecule has 0 spiro atoms. The summed E-state index contributed by atoms with van der Waals surface area (Å²) in [6.07, 6.45) is 3.66.